The molecule has 0 saturated heterocycles. The van der Waals surface area contributed by atoms with Gasteiger partial charge in [0.25, 0.3) is 5.91 Å². The second kappa shape index (κ2) is 9.94. The van der Waals surface area contributed by atoms with Crippen molar-refractivity contribution in [2.24, 2.45) is 0 Å². The van der Waals surface area contributed by atoms with Crippen LogP contribution in [0.4, 0.5) is 0 Å². The largest absolute Gasteiger partial charge is 0.497 e. The van der Waals surface area contributed by atoms with Crippen molar-refractivity contribution in [1.82, 2.24) is 10.0 Å². The van der Waals surface area contributed by atoms with E-state index in [0.717, 1.165) is 5.56 Å². The monoisotopic (exact) mass is 392 g/mol. The molecule has 0 aliphatic rings. The Kier molecular flexibility index (Phi) is 7.63. The highest BCUT2D eigenvalue weighted by Crippen LogP contribution is 2.24. The first-order chi connectivity index (χ1) is 12.9. The summed E-state index contributed by atoms with van der Waals surface area (Å²) in [6, 6.07) is 14.4. The van der Waals surface area contributed by atoms with Crippen LogP contribution in [0.1, 0.15) is 15.9 Å². The minimum Gasteiger partial charge on any atom is -0.497 e. The molecule has 0 spiro atoms. The van der Waals surface area contributed by atoms with Crippen molar-refractivity contribution in [3.63, 3.8) is 0 Å². The summed E-state index contributed by atoms with van der Waals surface area (Å²) in [6.45, 7) is 0.307. The lowest BCUT2D eigenvalue weighted by atomic mass is 10.2. The average molecular weight is 392 g/mol. The van der Waals surface area contributed by atoms with Crippen LogP contribution in [-0.2, 0) is 16.4 Å². The molecule has 146 valence electrons. The van der Waals surface area contributed by atoms with E-state index in [4.69, 9.17) is 9.47 Å². The van der Waals surface area contributed by atoms with Gasteiger partial charge in [0, 0.05) is 19.2 Å². The Morgan fingerprint density at radius 2 is 1.74 bits per heavy atom. The number of carbonyl (C=O) groups is 1. The predicted molar refractivity (Wildman–Crippen MR) is 104 cm³/mol. The van der Waals surface area contributed by atoms with Crippen molar-refractivity contribution in [2.75, 3.05) is 33.1 Å². The maximum Gasteiger partial charge on any atom is 0.255 e. The maximum absolute atomic E-state index is 12.3. The summed E-state index contributed by atoms with van der Waals surface area (Å²) in [5, 5.41) is 2.60. The van der Waals surface area contributed by atoms with Crippen LogP contribution in [0.15, 0.2) is 48.5 Å². The molecule has 0 aliphatic carbocycles. The molecule has 7 nitrogen and oxygen atoms in total. The van der Waals surface area contributed by atoms with E-state index >= 15 is 0 Å². The Labute approximate surface area is 159 Å². The van der Waals surface area contributed by atoms with Gasteiger partial charge in [-0.1, -0.05) is 30.3 Å². The Morgan fingerprint density at radius 1 is 1.00 bits per heavy atom. The number of amides is 1. The van der Waals surface area contributed by atoms with E-state index in [1.807, 2.05) is 30.3 Å². The normalized spacial score (nSPS) is 11.0. The average Bonchev–Trinajstić information content (AvgIpc) is 2.67. The van der Waals surface area contributed by atoms with Crippen molar-refractivity contribution < 1.29 is 22.7 Å². The summed E-state index contributed by atoms with van der Waals surface area (Å²) in [4.78, 5) is 12.3. The molecule has 0 bridgehead atoms. The number of sulfonamides is 1. The van der Waals surface area contributed by atoms with Gasteiger partial charge in [-0.25, -0.2) is 13.1 Å². The third-order valence-electron chi connectivity index (χ3n) is 3.89. The molecule has 2 aromatic rings. The van der Waals surface area contributed by atoms with Crippen LogP contribution in [0.5, 0.6) is 11.5 Å². The lowest BCUT2D eigenvalue weighted by Crippen LogP contribution is -2.35. The predicted octanol–water partition coefficient (Wildman–Crippen LogP) is 1.60. The molecule has 2 N–H and O–H groups in total. The molecular formula is C19H24N2O5S. The molecule has 1 amide bonds. The Bertz CT molecular complexity index is 854. The number of rotatable bonds is 10. The summed E-state index contributed by atoms with van der Waals surface area (Å²) in [6.07, 6.45) is 0.607. The zero-order valence-corrected chi connectivity index (χ0v) is 16.2. The first-order valence-electron chi connectivity index (χ1n) is 8.46. The smallest absolute Gasteiger partial charge is 0.255 e. The van der Waals surface area contributed by atoms with Crippen LogP contribution in [0.2, 0.25) is 0 Å². The van der Waals surface area contributed by atoms with Crippen LogP contribution in [0.3, 0.4) is 0 Å². The second-order valence-corrected chi connectivity index (χ2v) is 7.70. The van der Waals surface area contributed by atoms with E-state index in [2.05, 4.69) is 10.0 Å². The number of hydrogen-bond donors (Lipinski definition) is 2. The van der Waals surface area contributed by atoms with E-state index in [-0.39, 0.29) is 12.3 Å². The van der Waals surface area contributed by atoms with Gasteiger partial charge in [-0.2, -0.15) is 0 Å². The number of nitrogens with one attached hydrogen (secondary N) is 2. The molecule has 0 atom stereocenters. The highest BCUT2D eigenvalue weighted by Gasteiger charge is 2.15. The third kappa shape index (κ3) is 6.58. The van der Waals surface area contributed by atoms with Crippen LogP contribution in [0, 0.1) is 0 Å². The van der Waals surface area contributed by atoms with Crippen molar-refractivity contribution in [2.45, 2.75) is 6.42 Å². The molecule has 0 fully saturated rings. The number of ether oxygens (including phenoxy) is 2. The molecule has 2 rings (SSSR count). The van der Waals surface area contributed by atoms with E-state index in [0.29, 0.717) is 30.0 Å². The molecule has 0 aromatic heterocycles. The highest BCUT2D eigenvalue weighted by atomic mass is 32.2. The Morgan fingerprint density at radius 3 is 2.41 bits per heavy atom. The van der Waals surface area contributed by atoms with Gasteiger partial charge in [-0.3, -0.25) is 4.79 Å². The third-order valence-corrected chi connectivity index (χ3v) is 5.27. The van der Waals surface area contributed by atoms with Gasteiger partial charge >= 0.3 is 0 Å². The van der Waals surface area contributed by atoms with Crippen molar-refractivity contribution in [3.8, 4) is 11.5 Å². The van der Waals surface area contributed by atoms with Crippen molar-refractivity contribution in [1.29, 1.82) is 0 Å². The fraction of sp³-hybridized carbons (Fsp3) is 0.316. The lowest BCUT2D eigenvalue weighted by molar-refractivity contribution is 0.0953. The quantitative estimate of drug-likeness (QED) is 0.641. The van der Waals surface area contributed by atoms with Crippen LogP contribution < -0.4 is 19.5 Å². The topological polar surface area (TPSA) is 93.7 Å². The molecule has 0 aliphatic heterocycles. The lowest BCUT2D eigenvalue weighted by Gasteiger charge is -2.11. The molecule has 0 heterocycles. The van der Waals surface area contributed by atoms with Gasteiger partial charge in [0.1, 0.15) is 11.5 Å². The SMILES string of the molecule is COc1ccc(C(=O)NCCS(=O)(=O)NCCc2ccccc2)c(OC)c1. The number of carbonyl (C=O) groups excluding carboxylic acids is 1. The minimum atomic E-state index is -3.47. The van der Waals surface area contributed by atoms with Crippen molar-refractivity contribution >= 4 is 15.9 Å². The first-order valence-corrected chi connectivity index (χ1v) is 10.1. The Balaban J connectivity index is 1.81. The summed E-state index contributed by atoms with van der Waals surface area (Å²) in [7, 11) is -0.503. The van der Waals surface area contributed by atoms with E-state index < -0.39 is 15.9 Å². The molecule has 8 heteroatoms. The number of hydrogen-bond acceptors (Lipinski definition) is 5. The zero-order chi connectivity index (χ0) is 19.7. The van der Waals surface area contributed by atoms with Crippen LogP contribution in [-0.4, -0.2) is 47.4 Å². The summed E-state index contributed by atoms with van der Waals surface area (Å²) < 4.78 is 36.9. The molecule has 27 heavy (non-hydrogen) atoms. The van der Waals surface area contributed by atoms with E-state index in [1.54, 1.807) is 18.2 Å². The molecule has 2 aromatic carbocycles. The standard InChI is InChI=1S/C19H24N2O5S/c1-25-16-8-9-17(18(14-16)26-2)19(22)20-12-13-27(23,24)21-11-10-15-6-4-3-5-7-15/h3-9,14,21H,10-13H2,1-2H3,(H,20,22). The van der Waals surface area contributed by atoms with E-state index in [1.165, 1.54) is 14.2 Å². The van der Waals surface area contributed by atoms with Crippen LogP contribution >= 0.6 is 0 Å². The first kappa shape index (κ1) is 20.7. The number of methoxy groups -OCH3 is 2. The van der Waals surface area contributed by atoms with Crippen molar-refractivity contribution in [3.05, 3.63) is 59.7 Å². The molecule has 0 saturated carbocycles. The van der Waals surface area contributed by atoms with Gasteiger partial charge in [0.15, 0.2) is 0 Å². The van der Waals surface area contributed by atoms with Gasteiger partial charge < -0.3 is 14.8 Å². The van der Waals surface area contributed by atoms with Gasteiger partial charge in [0.2, 0.25) is 10.0 Å². The van der Waals surface area contributed by atoms with E-state index in [9.17, 15) is 13.2 Å². The van der Waals surface area contributed by atoms with Gasteiger partial charge in [0.05, 0.1) is 25.5 Å². The molecule has 0 radical (unpaired) electrons. The fourth-order valence-corrected chi connectivity index (χ4v) is 3.38. The summed E-state index contributed by atoms with van der Waals surface area (Å²) >= 11 is 0. The minimum absolute atomic E-state index is 0.00527. The summed E-state index contributed by atoms with van der Waals surface area (Å²) in [5.41, 5.74) is 1.37. The zero-order valence-electron chi connectivity index (χ0n) is 15.4. The Hall–Kier alpha value is -2.58. The number of benzene rings is 2. The second-order valence-electron chi connectivity index (χ2n) is 5.77. The highest BCUT2D eigenvalue weighted by molar-refractivity contribution is 7.89. The maximum atomic E-state index is 12.3. The molecule has 0 unspecified atom stereocenters. The van der Waals surface area contributed by atoms with Crippen LogP contribution in [0.25, 0.3) is 0 Å². The van der Waals surface area contributed by atoms with Gasteiger partial charge in [-0.15, -0.1) is 0 Å². The van der Waals surface area contributed by atoms with Gasteiger partial charge in [-0.05, 0) is 24.1 Å². The summed E-state index contributed by atoms with van der Waals surface area (Å²) in [5.74, 6) is 0.310. The molecular weight excluding hydrogens is 368 g/mol. The fourth-order valence-electron chi connectivity index (χ4n) is 2.45.